The van der Waals surface area contributed by atoms with Crippen LogP contribution in [0.5, 0.6) is 0 Å². The van der Waals surface area contributed by atoms with Crippen LogP contribution in [-0.4, -0.2) is 11.6 Å². The highest BCUT2D eigenvalue weighted by molar-refractivity contribution is 6.30. The van der Waals surface area contributed by atoms with Crippen LogP contribution in [-0.2, 0) is 15.3 Å². The van der Waals surface area contributed by atoms with Crippen LogP contribution < -0.4 is 10.6 Å². The average molecular weight is 430 g/mol. The first-order valence-corrected chi connectivity index (χ1v) is 10.4. The van der Waals surface area contributed by atoms with Crippen molar-refractivity contribution in [3.05, 3.63) is 87.4 Å². The Bertz CT molecular complexity index is 1320. The van der Waals surface area contributed by atoms with Gasteiger partial charge < -0.3 is 15.4 Å². The van der Waals surface area contributed by atoms with Gasteiger partial charge in [0.15, 0.2) is 17.0 Å². The zero-order valence-corrected chi connectivity index (χ0v) is 17.1. The van der Waals surface area contributed by atoms with Crippen molar-refractivity contribution in [1.82, 2.24) is 0 Å². The second-order valence-corrected chi connectivity index (χ2v) is 8.57. The van der Waals surface area contributed by atoms with Gasteiger partial charge in [-0.1, -0.05) is 35.9 Å². The maximum Gasteiger partial charge on any atom is 0.238 e. The van der Waals surface area contributed by atoms with Crippen LogP contribution in [0.3, 0.4) is 0 Å². The van der Waals surface area contributed by atoms with E-state index in [4.69, 9.17) is 22.1 Å². The van der Waals surface area contributed by atoms with Gasteiger partial charge in [0, 0.05) is 39.5 Å². The molecule has 2 heterocycles. The highest BCUT2D eigenvalue weighted by Gasteiger charge is 2.81. The molecule has 2 unspecified atom stereocenters. The van der Waals surface area contributed by atoms with Gasteiger partial charge in [-0.25, -0.2) is 0 Å². The molecule has 0 saturated heterocycles. The molecule has 0 amide bonds. The summed E-state index contributed by atoms with van der Waals surface area (Å²) >= 11 is 6.13. The van der Waals surface area contributed by atoms with Crippen LogP contribution in [0.1, 0.15) is 35.2 Å². The van der Waals surface area contributed by atoms with Crippen LogP contribution in [0, 0.1) is 16.7 Å². The predicted molar refractivity (Wildman–Crippen MR) is 113 cm³/mol. The first kappa shape index (κ1) is 18.2. The number of nitrogens with two attached hydrogens (primary N) is 1. The van der Waals surface area contributed by atoms with E-state index in [1.54, 1.807) is 24.3 Å². The molecule has 2 aromatic carbocycles. The number of rotatable bonds is 1. The highest BCUT2D eigenvalue weighted by Crippen LogP contribution is 2.72. The molecular formula is C24H16ClN3O3. The lowest BCUT2D eigenvalue weighted by Gasteiger charge is -2.41. The van der Waals surface area contributed by atoms with Crippen molar-refractivity contribution in [2.75, 3.05) is 4.90 Å². The Morgan fingerprint density at radius 2 is 1.84 bits per heavy atom. The van der Waals surface area contributed by atoms with E-state index < -0.39 is 11.1 Å². The number of halogens is 1. The molecule has 0 radical (unpaired) electrons. The molecule has 7 heteroatoms. The summed E-state index contributed by atoms with van der Waals surface area (Å²) in [4.78, 5) is 29.3. The molecule has 2 N–H and O–H groups in total. The standard InChI is InChI=1S/C24H16ClN3O3/c25-13-8-10-14(11-9-13)28-18-6-3-7-19(29)20(18)23-17(12-26)22(27)31-24(23,28)16-5-2-1-4-15(16)21(23)30/h1-2,4-5,8-11H,3,6-7,27H2. The van der Waals surface area contributed by atoms with Crippen molar-refractivity contribution in [1.29, 1.82) is 5.26 Å². The zero-order chi connectivity index (χ0) is 21.5. The van der Waals surface area contributed by atoms with Crippen molar-refractivity contribution < 1.29 is 14.3 Å². The fourth-order valence-electron chi connectivity index (χ4n) is 5.82. The molecule has 0 saturated carbocycles. The molecular weight excluding hydrogens is 414 g/mol. The third-order valence-electron chi connectivity index (χ3n) is 6.81. The number of allylic oxidation sites excluding steroid dienone is 1. The minimum atomic E-state index is -1.61. The molecule has 2 aliphatic carbocycles. The first-order valence-electron chi connectivity index (χ1n) is 10.0. The Morgan fingerprint density at radius 1 is 1.10 bits per heavy atom. The molecule has 2 atom stereocenters. The van der Waals surface area contributed by atoms with Crippen LogP contribution in [0.4, 0.5) is 5.69 Å². The first-order chi connectivity index (χ1) is 15.0. The minimum absolute atomic E-state index is 0.00733. The number of hydrogen-bond donors (Lipinski definition) is 1. The average Bonchev–Trinajstić information content (AvgIpc) is 3.26. The van der Waals surface area contributed by atoms with Gasteiger partial charge in [0.1, 0.15) is 11.6 Å². The highest BCUT2D eigenvalue weighted by atomic mass is 35.5. The largest absolute Gasteiger partial charge is 0.446 e. The van der Waals surface area contributed by atoms with E-state index in [1.165, 1.54) is 0 Å². The van der Waals surface area contributed by atoms with Gasteiger partial charge in [-0.05, 0) is 37.1 Å². The molecule has 0 fully saturated rings. The summed E-state index contributed by atoms with van der Waals surface area (Å²) in [6, 6.07) is 16.4. The summed E-state index contributed by atoms with van der Waals surface area (Å²) in [6.07, 6.45) is 1.56. The molecule has 152 valence electrons. The lowest BCUT2D eigenvalue weighted by molar-refractivity contribution is -0.117. The number of carbonyl (C=O) groups excluding carboxylic acids is 2. The van der Waals surface area contributed by atoms with Gasteiger partial charge in [0.05, 0.1) is 0 Å². The van der Waals surface area contributed by atoms with E-state index in [-0.39, 0.29) is 23.0 Å². The quantitative estimate of drug-likeness (QED) is 0.737. The number of nitrogens with zero attached hydrogens (tertiary/aromatic N) is 2. The second kappa shape index (κ2) is 5.77. The van der Waals surface area contributed by atoms with Gasteiger partial charge in [0.25, 0.3) is 0 Å². The maximum atomic E-state index is 14.1. The second-order valence-electron chi connectivity index (χ2n) is 8.13. The fourth-order valence-corrected chi connectivity index (χ4v) is 5.95. The normalized spacial score (nSPS) is 28.2. The molecule has 0 bridgehead atoms. The predicted octanol–water partition coefficient (Wildman–Crippen LogP) is 3.93. The number of hydrogen-bond acceptors (Lipinski definition) is 6. The monoisotopic (exact) mass is 429 g/mol. The van der Waals surface area contributed by atoms with Crippen molar-refractivity contribution in [2.45, 2.75) is 25.0 Å². The van der Waals surface area contributed by atoms with E-state index in [0.29, 0.717) is 52.4 Å². The minimum Gasteiger partial charge on any atom is -0.446 e. The number of nitriles is 1. The summed E-state index contributed by atoms with van der Waals surface area (Å²) in [5, 5.41) is 10.7. The maximum absolute atomic E-state index is 14.1. The third-order valence-corrected chi connectivity index (χ3v) is 7.06. The van der Waals surface area contributed by atoms with Gasteiger partial charge in [0.2, 0.25) is 11.6 Å². The molecule has 0 aromatic heterocycles. The van der Waals surface area contributed by atoms with Crippen LogP contribution in [0.25, 0.3) is 0 Å². The SMILES string of the molecule is N#CC1=C(N)OC23c4ccccc4C(=O)C12C1=C(CCCC1=O)N3c1ccc(Cl)cc1. The molecule has 4 aliphatic rings. The molecule has 0 spiro atoms. The van der Waals surface area contributed by atoms with Gasteiger partial charge in [-0.2, -0.15) is 5.26 Å². The number of carbonyl (C=O) groups is 2. The molecule has 6 nitrogen and oxygen atoms in total. The summed E-state index contributed by atoms with van der Waals surface area (Å²) in [7, 11) is 0. The number of Topliss-reactive ketones (excluding diaryl/α,β-unsaturated/α-hetero) is 2. The van der Waals surface area contributed by atoms with E-state index in [0.717, 1.165) is 0 Å². The Balaban J connectivity index is 1.79. The fraction of sp³-hybridized carbons (Fsp3) is 0.208. The summed E-state index contributed by atoms with van der Waals surface area (Å²) in [5.74, 6) is -0.581. The third kappa shape index (κ3) is 1.81. The molecule has 2 aromatic rings. The van der Waals surface area contributed by atoms with Crippen LogP contribution in [0.2, 0.25) is 5.02 Å². The van der Waals surface area contributed by atoms with E-state index in [1.807, 2.05) is 29.2 Å². The number of fused-ring (bicyclic) bond motifs is 1. The lowest BCUT2D eigenvalue weighted by atomic mass is 9.66. The van der Waals surface area contributed by atoms with E-state index >= 15 is 0 Å². The van der Waals surface area contributed by atoms with Crippen molar-refractivity contribution in [3.8, 4) is 6.07 Å². The van der Waals surface area contributed by atoms with Crippen LogP contribution >= 0.6 is 11.6 Å². The Kier molecular flexibility index (Phi) is 3.40. The smallest absolute Gasteiger partial charge is 0.238 e. The Labute approximate surface area is 183 Å². The molecule has 2 aliphatic heterocycles. The van der Waals surface area contributed by atoms with Crippen molar-refractivity contribution >= 4 is 28.9 Å². The lowest BCUT2D eigenvalue weighted by Crippen LogP contribution is -2.52. The van der Waals surface area contributed by atoms with Crippen LogP contribution in [0.15, 0.2) is 71.3 Å². The Morgan fingerprint density at radius 3 is 2.58 bits per heavy atom. The number of ether oxygens (including phenoxy) is 1. The topological polar surface area (TPSA) is 96.4 Å². The van der Waals surface area contributed by atoms with Crippen molar-refractivity contribution in [2.24, 2.45) is 11.1 Å². The summed E-state index contributed by atoms with van der Waals surface area (Å²) in [5.41, 5.74) is 5.96. The van der Waals surface area contributed by atoms with E-state index in [9.17, 15) is 14.9 Å². The summed E-state index contributed by atoms with van der Waals surface area (Å²) < 4.78 is 6.34. The zero-order valence-electron chi connectivity index (χ0n) is 16.3. The number of benzene rings is 2. The Hall–Kier alpha value is -3.56. The van der Waals surface area contributed by atoms with Gasteiger partial charge in [-0.15, -0.1) is 0 Å². The summed E-state index contributed by atoms with van der Waals surface area (Å²) in [6.45, 7) is 0. The van der Waals surface area contributed by atoms with Gasteiger partial charge >= 0.3 is 0 Å². The van der Waals surface area contributed by atoms with Crippen molar-refractivity contribution in [3.63, 3.8) is 0 Å². The number of ketones is 2. The molecule has 6 rings (SSSR count). The van der Waals surface area contributed by atoms with E-state index in [2.05, 4.69) is 6.07 Å². The molecule has 31 heavy (non-hydrogen) atoms. The number of anilines is 1. The van der Waals surface area contributed by atoms with Gasteiger partial charge in [-0.3, -0.25) is 9.59 Å².